The van der Waals surface area contributed by atoms with Gasteiger partial charge in [0.2, 0.25) is 15.5 Å². The van der Waals surface area contributed by atoms with Crippen LogP contribution in [0.3, 0.4) is 0 Å². The zero-order valence-corrected chi connectivity index (χ0v) is 21.4. The number of benzene rings is 4. The molecule has 0 atom stereocenters. The molecule has 38 heavy (non-hydrogen) atoms. The predicted octanol–water partition coefficient (Wildman–Crippen LogP) is 4.88. The van der Waals surface area contributed by atoms with E-state index in [0.717, 1.165) is 40.2 Å². The Morgan fingerprint density at radius 1 is 0.921 bits per heavy atom. The zero-order valence-electron chi connectivity index (χ0n) is 19.8. The molecule has 10 heteroatoms. The van der Waals surface area contributed by atoms with Crippen LogP contribution >= 0.6 is 11.6 Å². The molecule has 0 spiro atoms. The summed E-state index contributed by atoms with van der Waals surface area (Å²) in [6.45, 7) is 0.0888. The van der Waals surface area contributed by atoms with E-state index in [1.54, 1.807) is 30.3 Å². The molecule has 192 valence electrons. The average Bonchev–Trinajstić information content (AvgIpc) is 2.91. The third-order valence-electron chi connectivity index (χ3n) is 6.15. The third-order valence-corrected chi connectivity index (χ3v) is 7.83. The first kappa shape index (κ1) is 25.6. The Balaban J connectivity index is 1.44. The fraction of sp³-hybridized carbons (Fsp3) is 0.0714. The number of rotatable bonds is 7. The molecule has 0 aliphatic heterocycles. The second-order valence-electron chi connectivity index (χ2n) is 8.63. The fourth-order valence-electron chi connectivity index (χ4n) is 4.22. The smallest absolute Gasteiger partial charge is 0.257 e. The van der Waals surface area contributed by atoms with Crippen LogP contribution in [0.5, 0.6) is 0 Å². The van der Waals surface area contributed by atoms with E-state index in [9.17, 15) is 22.4 Å². The molecule has 4 aromatic carbocycles. The summed E-state index contributed by atoms with van der Waals surface area (Å²) in [7, 11) is -4.25. The number of amides is 1. The topological polar surface area (TPSA) is 108 Å². The second kappa shape index (κ2) is 10.4. The lowest BCUT2D eigenvalue weighted by Gasteiger charge is -2.12. The van der Waals surface area contributed by atoms with Crippen LogP contribution in [-0.2, 0) is 23.1 Å². The Labute approximate surface area is 222 Å². The summed E-state index contributed by atoms with van der Waals surface area (Å²) in [4.78, 5) is 28.1. The lowest BCUT2D eigenvalue weighted by molar-refractivity contribution is 0.0949. The molecule has 0 aliphatic rings. The Morgan fingerprint density at radius 3 is 2.45 bits per heavy atom. The molecule has 1 aromatic heterocycles. The number of nitrogens with one attached hydrogen (secondary N) is 3. The van der Waals surface area contributed by atoms with Gasteiger partial charge in [0.05, 0.1) is 10.9 Å². The molecule has 3 N–H and O–H groups in total. The summed E-state index contributed by atoms with van der Waals surface area (Å²) in [5.41, 5.74) is 0.328. The Kier molecular flexibility index (Phi) is 6.98. The highest BCUT2D eigenvalue weighted by atomic mass is 35.5. The van der Waals surface area contributed by atoms with Crippen LogP contribution < -0.4 is 15.5 Å². The summed E-state index contributed by atoms with van der Waals surface area (Å²) in [6.07, 6.45) is 1.13. The average molecular weight is 550 g/mol. The standard InChI is InChI=1S/C28H21ClFN3O4S/c29-20-10-8-17(9-11-20)14-32-28(35)24-16-31-26-23(27(24)34)12-21(30)13-25(26)38(36,37)33-15-19-6-3-5-18-4-1-2-7-22(18)19/h1-13,16,33H,14-15H2,(H,31,34)(H,32,35). The highest BCUT2D eigenvalue weighted by molar-refractivity contribution is 7.89. The van der Waals surface area contributed by atoms with Gasteiger partial charge in [-0.1, -0.05) is 66.2 Å². The molecule has 1 amide bonds. The van der Waals surface area contributed by atoms with Gasteiger partial charge in [-0.2, -0.15) is 0 Å². The highest BCUT2D eigenvalue weighted by Gasteiger charge is 2.23. The molecule has 0 saturated heterocycles. The Hall–Kier alpha value is -4.05. The zero-order chi connectivity index (χ0) is 26.9. The first-order valence-electron chi connectivity index (χ1n) is 11.6. The number of aromatic amines is 1. The maximum atomic E-state index is 14.6. The highest BCUT2D eigenvalue weighted by Crippen LogP contribution is 2.23. The molecule has 0 radical (unpaired) electrons. The minimum atomic E-state index is -4.25. The first-order chi connectivity index (χ1) is 18.2. The van der Waals surface area contributed by atoms with E-state index in [-0.39, 0.29) is 29.6 Å². The van der Waals surface area contributed by atoms with Crippen molar-refractivity contribution in [3.8, 4) is 0 Å². The van der Waals surface area contributed by atoms with Gasteiger partial charge < -0.3 is 10.3 Å². The van der Waals surface area contributed by atoms with Crippen LogP contribution in [-0.4, -0.2) is 19.3 Å². The first-order valence-corrected chi connectivity index (χ1v) is 13.4. The SMILES string of the molecule is O=C(NCc1ccc(Cl)cc1)c1c[nH]c2c(S(=O)(=O)NCc3cccc4ccccc34)cc(F)cc2c1=O. The van der Waals surface area contributed by atoms with E-state index in [0.29, 0.717) is 5.02 Å². The van der Waals surface area contributed by atoms with Crippen molar-refractivity contribution in [2.45, 2.75) is 18.0 Å². The second-order valence-corrected chi connectivity index (χ2v) is 10.8. The lowest BCUT2D eigenvalue weighted by Crippen LogP contribution is -2.29. The third kappa shape index (κ3) is 5.17. The van der Waals surface area contributed by atoms with Gasteiger partial charge in [-0.05, 0) is 46.2 Å². The molecule has 0 fully saturated rings. The van der Waals surface area contributed by atoms with Crippen LogP contribution in [0.1, 0.15) is 21.5 Å². The number of carbonyl (C=O) groups excluding carboxylic acids is 1. The molecule has 0 unspecified atom stereocenters. The lowest BCUT2D eigenvalue weighted by atomic mass is 10.1. The molecule has 0 bridgehead atoms. The normalized spacial score (nSPS) is 11.6. The summed E-state index contributed by atoms with van der Waals surface area (Å²) in [5.74, 6) is -1.61. The molecule has 5 aromatic rings. The number of carbonyl (C=O) groups is 1. The maximum absolute atomic E-state index is 14.6. The van der Waals surface area contributed by atoms with Crippen molar-refractivity contribution < 1.29 is 17.6 Å². The molecule has 7 nitrogen and oxygen atoms in total. The van der Waals surface area contributed by atoms with Crippen LogP contribution in [0.15, 0.2) is 94.7 Å². The van der Waals surface area contributed by atoms with Crippen molar-refractivity contribution in [3.05, 3.63) is 123 Å². The van der Waals surface area contributed by atoms with Gasteiger partial charge in [0.25, 0.3) is 5.91 Å². The van der Waals surface area contributed by atoms with Crippen molar-refractivity contribution in [3.63, 3.8) is 0 Å². The molecule has 5 rings (SSSR count). The summed E-state index contributed by atoms with van der Waals surface area (Å²) >= 11 is 5.87. The van der Waals surface area contributed by atoms with Crippen LogP contribution in [0.4, 0.5) is 4.39 Å². The quantitative estimate of drug-likeness (QED) is 0.269. The van der Waals surface area contributed by atoms with E-state index >= 15 is 0 Å². The van der Waals surface area contributed by atoms with E-state index < -0.39 is 32.1 Å². The predicted molar refractivity (Wildman–Crippen MR) is 145 cm³/mol. The number of H-pyrrole nitrogens is 1. The van der Waals surface area contributed by atoms with Crippen molar-refractivity contribution in [1.82, 2.24) is 15.0 Å². The van der Waals surface area contributed by atoms with E-state index in [1.807, 2.05) is 36.4 Å². The van der Waals surface area contributed by atoms with Crippen molar-refractivity contribution in [2.24, 2.45) is 0 Å². The van der Waals surface area contributed by atoms with Crippen LogP contribution in [0.2, 0.25) is 5.02 Å². The van der Waals surface area contributed by atoms with Crippen molar-refractivity contribution in [2.75, 3.05) is 0 Å². The van der Waals surface area contributed by atoms with Gasteiger partial charge in [-0.3, -0.25) is 9.59 Å². The fourth-order valence-corrected chi connectivity index (χ4v) is 5.55. The van der Waals surface area contributed by atoms with Gasteiger partial charge >= 0.3 is 0 Å². The maximum Gasteiger partial charge on any atom is 0.257 e. The summed E-state index contributed by atoms with van der Waals surface area (Å²) in [5, 5.41) is 4.75. The molecule has 0 saturated carbocycles. The van der Waals surface area contributed by atoms with Gasteiger partial charge in [0.15, 0.2) is 0 Å². The number of fused-ring (bicyclic) bond motifs is 2. The van der Waals surface area contributed by atoms with E-state index in [2.05, 4.69) is 15.0 Å². The minimum absolute atomic E-state index is 0.0445. The molecule has 1 heterocycles. The molecular weight excluding hydrogens is 529 g/mol. The van der Waals surface area contributed by atoms with Crippen molar-refractivity contribution >= 4 is 49.2 Å². The van der Waals surface area contributed by atoms with Crippen LogP contribution in [0, 0.1) is 5.82 Å². The monoisotopic (exact) mass is 549 g/mol. The van der Waals surface area contributed by atoms with Crippen LogP contribution in [0.25, 0.3) is 21.7 Å². The van der Waals surface area contributed by atoms with Gasteiger partial charge in [-0.25, -0.2) is 17.5 Å². The molecule has 0 aliphatic carbocycles. The largest absolute Gasteiger partial charge is 0.359 e. The van der Waals surface area contributed by atoms with E-state index in [4.69, 9.17) is 11.6 Å². The number of pyridine rings is 1. The number of halogens is 2. The van der Waals surface area contributed by atoms with Gasteiger partial charge in [0.1, 0.15) is 16.3 Å². The number of hydrogen-bond acceptors (Lipinski definition) is 4. The number of aromatic nitrogens is 1. The van der Waals surface area contributed by atoms with Crippen molar-refractivity contribution in [1.29, 1.82) is 0 Å². The Bertz CT molecular complexity index is 1850. The summed E-state index contributed by atoms with van der Waals surface area (Å²) < 4.78 is 43.5. The summed E-state index contributed by atoms with van der Waals surface area (Å²) in [6, 6.07) is 21.6. The molecular formula is C28H21ClFN3O4S. The number of sulfonamides is 1. The van der Waals surface area contributed by atoms with E-state index in [1.165, 1.54) is 0 Å². The minimum Gasteiger partial charge on any atom is -0.359 e. The van der Waals surface area contributed by atoms with Gasteiger partial charge in [-0.15, -0.1) is 0 Å². The number of hydrogen-bond donors (Lipinski definition) is 3. The Morgan fingerprint density at radius 2 is 1.66 bits per heavy atom. The van der Waals surface area contributed by atoms with Gasteiger partial charge in [0, 0.05) is 24.3 Å².